The van der Waals surface area contributed by atoms with Gasteiger partial charge in [0.05, 0.1) is 13.2 Å². The third-order valence-corrected chi connectivity index (χ3v) is 2.92. The Morgan fingerprint density at radius 3 is 2.67 bits per heavy atom. The minimum absolute atomic E-state index is 0.152. The van der Waals surface area contributed by atoms with Crippen LogP contribution in [0.25, 0.3) is 0 Å². The molecule has 4 N–H and O–H groups in total. The van der Waals surface area contributed by atoms with Gasteiger partial charge < -0.3 is 20.7 Å². The first-order valence-electron chi connectivity index (χ1n) is 4.89. The summed E-state index contributed by atoms with van der Waals surface area (Å²) >= 11 is 0. The molecule has 0 unspecified atom stereocenters. The second-order valence-electron chi connectivity index (χ2n) is 4.10. The lowest BCUT2D eigenvalue weighted by atomic mass is 9.70. The summed E-state index contributed by atoms with van der Waals surface area (Å²) in [6.45, 7) is 0. The van der Waals surface area contributed by atoms with Crippen LogP contribution in [0.15, 0.2) is 18.2 Å². The Labute approximate surface area is 88.3 Å². The van der Waals surface area contributed by atoms with Gasteiger partial charge in [-0.2, -0.15) is 0 Å². The predicted octanol–water partition coefficient (Wildman–Crippen LogP) is 0.710. The lowest BCUT2D eigenvalue weighted by Gasteiger charge is -2.43. The van der Waals surface area contributed by atoms with Crippen molar-refractivity contribution in [2.24, 2.45) is 5.73 Å². The van der Waals surface area contributed by atoms with Crippen molar-refractivity contribution in [2.75, 3.05) is 7.11 Å². The molecule has 0 spiro atoms. The van der Waals surface area contributed by atoms with Crippen molar-refractivity contribution < 1.29 is 14.9 Å². The molecule has 0 aliphatic heterocycles. The Hall–Kier alpha value is -1.26. The normalized spacial score (nSPS) is 29.7. The van der Waals surface area contributed by atoms with Crippen molar-refractivity contribution >= 4 is 0 Å². The van der Waals surface area contributed by atoms with Gasteiger partial charge in [0.2, 0.25) is 0 Å². The average molecular weight is 209 g/mol. The number of methoxy groups -OCH3 is 1. The van der Waals surface area contributed by atoms with E-state index < -0.39 is 5.54 Å². The molecule has 2 rings (SSSR count). The zero-order chi connectivity index (χ0) is 11.1. The second-order valence-corrected chi connectivity index (χ2v) is 4.10. The topological polar surface area (TPSA) is 75.7 Å². The Kier molecular flexibility index (Phi) is 2.32. The number of aliphatic hydroxyl groups excluding tert-OH is 1. The number of rotatable bonds is 2. The maximum Gasteiger partial charge on any atom is 0.127 e. The molecule has 0 heterocycles. The monoisotopic (exact) mass is 209 g/mol. The van der Waals surface area contributed by atoms with E-state index in [-0.39, 0.29) is 11.9 Å². The van der Waals surface area contributed by atoms with E-state index in [0.717, 1.165) is 5.56 Å². The molecular weight excluding hydrogens is 194 g/mol. The van der Waals surface area contributed by atoms with Crippen molar-refractivity contribution in [3.05, 3.63) is 23.8 Å². The number of phenolic OH excluding ortho intramolecular Hbond substituents is 1. The first-order chi connectivity index (χ1) is 7.05. The summed E-state index contributed by atoms with van der Waals surface area (Å²) in [6, 6.07) is 4.87. The van der Waals surface area contributed by atoms with E-state index in [1.54, 1.807) is 12.1 Å². The molecule has 1 aromatic carbocycles. The summed E-state index contributed by atoms with van der Waals surface area (Å²) in [5.74, 6) is 0.725. The smallest absolute Gasteiger partial charge is 0.127 e. The molecule has 82 valence electrons. The molecule has 0 aromatic heterocycles. The van der Waals surface area contributed by atoms with E-state index in [4.69, 9.17) is 10.5 Å². The minimum Gasteiger partial charge on any atom is -0.508 e. The largest absolute Gasteiger partial charge is 0.508 e. The van der Waals surface area contributed by atoms with Crippen LogP contribution in [0.3, 0.4) is 0 Å². The molecular formula is C11H15NO3. The molecule has 0 radical (unpaired) electrons. The number of phenols is 1. The van der Waals surface area contributed by atoms with Crippen LogP contribution in [-0.2, 0) is 5.54 Å². The van der Waals surface area contributed by atoms with Crippen LogP contribution >= 0.6 is 0 Å². The number of aromatic hydroxyl groups is 1. The molecule has 15 heavy (non-hydrogen) atoms. The fourth-order valence-electron chi connectivity index (χ4n) is 2.09. The van der Waals surface area contributed by atoms with Crippen molar-refractivity contribution in [2.45, 2.75) is 24.5 Å². The SMILES string of the molecule is COc1cc(O)ccc1C1(N)CC(O)C1. The van der Waals surface area contributed by atoms with Gasteiger partial charge in [0.15, 0.2) is 0 Å². The number of benzene rings is 1. The highest BCUT2D eigenvalue weighted by molar-refractivity contribution is 5.45. The highest BCUT2D eigenvalue weighted by Gasteiger charge is 2.43. The molecule has 1 aliphatic carbocycles. The molecule has 1 aliphatic rings. The van der Waals surface area contributed by atoms with Crippen LogP contribution in [0.4, 0.5) is 0 Å². The molecule has 4 heteroatoms. The Balaban J connectivity index is 2.36. The zero-order valence-corrected chi connectivity index (χ0v) is 8.60. The Morgan fingerprint density at radius 2 is 2.13 bits per heavy atom. The molecule has 1 aromatic rings. The van der Waals surface area contributed by atoms with Gasteiger partial charge >= 0.3 is 0 Å². The predicted molar refractivity (Wildman–Crippen MR) is 55.8 cm³/mol. The van der Waals surface area contributed by atoms with Gasteiger partial charge in [-0.15, -0.1) is 0 Å². The summed E-state index contributed by atoms with van der Waals surface area (Å²) in [7, 11) is 1.54. The molecule has 4 nitrogen and oxygen atoms in total. The highest BCUT2D eigenvalue weighted by Crippen LogP contribution is 2.43. The van der Waals surface area contributed by atoms with Crippen LogP contribution in [0.1, 0.15) is 18.4 Å². The van der Waals surface area contributed by atoms with Crippen LogP contribution in [0.2, 0.25) is 0 Å². The molecule has 0 amide bonds. The Bertz CT molecular complexity index is 372. The second kappa shape index (κ2) is 3.40. The van der Waals surface area contributed by atoms with E-state index in [1.165, 1.54) is 13.2 Å². The number of ether oxygens (including phenoxy) is 1. The van der Waals surface area contributed by atoms with E-state index >= 15 is 0 Å². The molecule has 1 saturated carbocycles. The quantitative estimate of drug-likeness (QED) is 0.670. The lowest BCUT2D eigenvalue weighted by molar-refractivity contribution is 0.0198. The Morgan fingerprint density at radius 1 is 1.47 bits per heavy atom. The third-order valence-electron chi connectivity index (χ3n) is 2.92. The number of nitrogens with two attached hydrogens (primary N) is 1. The van der Waals surface area contributed by atoms with Crippen LogP contribution in [0, 0.1) is 0 Å². The molecule has 0 bridgehead atoms. The number of aliphatic hydroxyl groups is 1. The van der Waals surface area contributed by atoms with Crippen molar-refractivity contribution in [3.63, 3.8) is 0 Å². The van der Waals surface area contributed by atoms with Crippen molar-refractivity contribution in [1.29, 1.82) is 0 Å². The van der Waals surface area contributed by atoms with Crippen LogP contribution in [-0.4, -0.2) is 23.4 Å². The van der Waals surface area contributed by atoms with Gasteiger partial charge in [-0.3, -0.25) is 0 Å². The van der Waals surface area contributed by atoms with Gasteiger partial charge in [-0.25, -0.2) is 0 Å². The number of hydrogen-bond donors (Lipinski definition) is 3. The lowest BCUT2D eigenvalue weighted by Crippen LogP contribution is -2.51. The summed E-state index contributed by atoms with van der Waals surface area (Å²) in [5.41, 5.74) is 6.44. The van der Waals surface area contributed by atoms with Crippen molar-refractivity contribution in [3.8, 4) is 11.5 Å². The van der Waals surface area contributed by atoms with E-state index in [2.05, 4.69) is 0 Å². The summed E-state index contributed by atoms with van der Waals surface area (Å²) < 4.78 is 5.16. The maximum absolute atomic E-state index is 9.31. The first-order valence-corrected chi connectivity index (χ1v) is 4.89. The molecule has 0 atom stereocenters. The van der Waals surface area contributed by atoms with Crippen molar-refractivity contribution in [1.82, 2.24) is 0 Å². The molecule has 0 saturated heterocycles. The first kappa shape index (κ1) is 10.3. The van der Waals surface area contributed by atoms with Gasteiger partial charge in [-0.1, -0.05) is 0 Å². The average Bonchev–Trinajstić information content (AvgIpc) is 2.15. The number of hydrogen-bond acceptors (Lipinski definition) is 4. The van der Waals surface area contributed by atoms with Gasteiger partial charge in [0.1, 0.15) is 11.5 Å². The highest BCUT2D eigenvalue weighted by atomic mass is 16.5. The fourth-order valence-corrected chi connectivity index (χ4v) is 2.09. The van der Waals surface area contributed by atoms with Gasteiger partial charge in [-0.05, 0) is 25.0 Å². The zero-order valence-electron chi connectivity index (χ0n) is 8.60. The fraction of sp³-hybridized carbons (Fsp3) is 0.455. The summed E-state index contributed by atoms with van der Waals surface area (Å²) in [5, 5.41) is 18.6. The van der Waals surface area contributed by atoms with Gasteiger partial charge in [0.25, 0.3) is 0 Å². The van der Waals surface area contributed by atoms with Crippen LogP contribution in [0.5, 0.6) is 11.5 Å². The third kappa shape index (κ3) is 1.66. The van der Waals surface area contributed by atoms with Crippen LogP contribution < -0.4 is 10.5 Å². The molecule has 1 fully saturated rings. The summed E-state index contributed by atoms with van der Waals surface area (Å²) in [6.07, 6.45) is 0.746. The van der Waals surface area contributed by atoms with Gasteiger partial charge in [0, 0.05) is 17.2 Å². The summed E-state index contributed by atoms with van der Waals surface area (Å²) in [4.78, 5) is 0. The van der Waals surface area contributed by atoms with E-state index in [0.29, 0.717) is 18.6 Å². The minimum atomic E-state index is -0.515. The van der Waals surface area contributed by atoms with E-state index in [1.807, 2.05) is 0 Å². The maximum atomic E-state index is 9.31. The standard InChI is InChI=1S/C11H15NO3/c1-15-10-4-7(13)2-3-9(10)11(12)5-8(14)6-11/h2-4,8,13-14H,5-6,12H2,1H3. The van der Waals surface area contributed by atoms with E-state index in [9.17, 15) is 10.2 Å².